The third-order valence-corrected chi connectivity index (χ3v) is 3.04. The van der Waals surface area contributed by atoms with Crippen molar-refractivity contribution in [1.82, 2.24) is 5.32 Å². The highest BCUT2D eigenvalue weighted by atomic mass is 16.5. The van der Waals surface area contributed by atoms with Crippen molar-refractivity contribution in [2.24, 2.45) is 0 Å². The molecule has 0 spiro atoms. The van der Waals surface area contributed by atoms with E-state index in [2.05, 4.69) is 31.3 Å². The fourth-order valence-corrected chi connectivity index (χ4v) is 2.13. The molecule has 2 atom stereocenters. The van der Waals surface area contributed by atoms with E-state index >= 15 is 0 Å². The van der Waals surface area contributed by atoms with Gasteiger partial charge in [0.1, 0.15) is 11.9 Å². The first-order chi connectivity index (χ1) is 9.22. The van der Waals surface area contributed by atoms with Crippen molar-refractivity contribution >= 4 is 0 Å². The molecule has 0 radical (unpaired) electrons. The topological polar surface area (TPSA) is 30.5 Å². The number of hydrogen-bond donors (Lipinski definition) is 1. The number of rotatable bonds is 9. The van der Waals surface area contributed by atoms with Gasteiger partial charge in [0.25, 0.3) is 0 Å². The zero-order chi connectivity index (χ0) is 14.1. The number of benzene rings is 1. The van der Waals surface area contributed by atoms with Crippen LogP contribution in [0.25, 0.3) is 0 Å². The Bertz CT molecular complexity index is 354. The van der Waals surface area contributed by atoms with Gasteiger partial charge < -0.3 is 14.8 Å². The summed E-state index contributed by atoms with van der Waals surface area (Å²) in [6.07, 6.45) is 1.12. The third kappa shape index (κ3) is 5.21. The molecule has 0 bridgehead atoms. The second-order valence-electron chi connectivity index (χ2n) is 4.64. The molecule has 0 heterocycles. The quantitative estimate of drug-likeness (QED) is 0.740. The predicted octanol–water partition coefficient (Wildman–Crippen LogP) is 3.55. The summed E-state index contributed by atoms with van der Waals surface area (Å²) in [7, 11) is 0. The first-order valence-electron chi connectivity index (χ1n) is 7.29. The molecule has 1 N–H and O–H groups in total. The van der Waals surface area contributed by atoms with Gasteiger partial charge in [-0.2, -0.15) is 0 Å². The number of para-hydroxylation sites is 1. The first kappa shape index (κ1) is 16.0. The van der Waals surface area contributed by atoms with E-state index in [0.717, 1.165) is 25.3 Å². The second kappa shape index (κ2) is 8.94. The maximum absolute atomic E-state index is 6.01. The summed E-state index contributed by atoms with van der Waals surface area (Å²) >= 11 is 0. The van der Waals surface area contributed by atoms with Crippen LogP contribution < -0.4 is 10.1 Å². The van der Waals surface area contributed by atoms with Crippen LogP contribution in [0.15, 0.2) is 24.3 Å². The molecule has 0 fully saturated rings. The fourth-order valence-electron chi connectivity index (χ4n) is 2.13. The molecule has 0 amide bonds. The van der Waals surface area contributed by atoms with Crippen molar-refractivity contribution in [3.8, 4) is 5.75 Å². The maximum atomic E-state index is 6.01. The van der Waals surface area contributed by atoms with Crippen LogP contribution in [0.1, 0.15) is 45.7 Å². The van der Waals surface area contributed by atoms with E-state index in [1.54, 1.807) is 0 Å². The molecule has 19 heavy (non-hydrogen) atoms. The lowest BCUT2D eigenvalue weighted by Gasteiger charge is -2.22. The van der Waals surface area contributed by atoms with Crippen LogP contribution in [0.5, 0.6) is 5.75 Å². The van der Waals surface area contributed by atoms with Crippen molar-refractivity contribution in [1.29, 1.82) is 0 Å². The van der Waals surface area contributed by atoms with Gasteiger partial charge >= 0.3 is 0 Å². The van der Waals surface area contributed by atoms with E-state index in [1.807, 2.05) is 26.0 Å². The lowest BCUT2D eigenvalue weighted by Crippen LogP contribution is -2.23. The highest BCUT2D eigenvalue weighted by Crippen LogP contribution is 2.27. The molecule has 0 aromatic heterocycles. The Hall–Kier alpha value is -1.06. The van der Waals surface area contributed by atoms with Crippen molar-refractivity contribution in [2.45, 2.75) is 46.3 Å². The first-order valence-corrected chi connectivity index (χ1v) is 7.29. The SMILES string of the molecule is CCNC(CC)c1ccccc1OC(C)COCC. The number of ether oxygens (including phenoxy) is 2. The molecular formula is C16H27NO2. The van der Waals surface area contributed by atoms with Crippen molar-refractivity contribution in [3.63, 3.8) is 0 Å². The molecule has 2 unspecified atom stereocenters. The Kier molecular flexibility index (Phi) is 7.53. The van der Waals surface area contributed by atoms with E-state index in [-0.39, 0.29) is 6.10 Å². The summed E-state index contributed by atoms with van der Waals surface area (Å²) in [6.45, 7) is 10.7. The summed E-state index contributed by atoms with van der Waals surface area (Å²) in [5.41, 5.74) is 1.23. The zero-order valence-electron chi connectivity index (χ0n) is 12.6. The molecule has 3 heteroatoms. The molecule has 1 aromatic carbocycles. The zero-order valence-corrected chi connectivity index (χ0v) is 12.6. The highest BCUT2D eigenvalue weighted by Gasteiger charge is 2.14. The second-order valence-corrected chi connectivity index (χ2v) is 4.64. The summed E-state index contributed by atoms with van der Waals surface area (Å²) in [6, 6.07) is 8.61. The van der Waals surface area contributed by atoms with E-state index < -0.39 is 0 Å². The van der Waals surface area contributed by atoms with Crippen LogP contribution >= 0.6 is 0 Å². The molecule has 0 saturated heterocycles. The number of nitrogens with one attached hydrogen (secondary N) is 1. The fraction of sp³-hybridized carbons (Fsp3) is 0.625. The van der Waals surface area contributed by atoms with Gasteiger partial charge in [0, 0.05) is 18.2 Å². The van der Waals surface area contributed by atoms with Gasteiger partial charge in [-0.1, -0.05) is 32.0 Å². The molecule has 108 valence electrons. The van der Waals surface area contributed by atoms with Crippen molar-refractivity contribution < 1.29 is 9.47 Å². The largest absolute Gasteiger partial charge is 0.488 e. The minimum atomic E-state index is 0.0697. The lowest BCUT2D eigenvalue weighted by atomic mass is 10.0. The van der Waals surface area contributed by atoms with Crippen LogP contribution in [0.3, 0.4) is 0 Å². The van der Waals surface area contributed by atoms with Crippen LogP contribution in [0.2, 0.25) is 0 Å². The van der Waals surface area contributed by atoms with Crippen LogP contribution in [-0.2, 0) is 4.74 Å². The van der Waals surface area contributed by atoms with Gasteiger partial charge in [0.05, 0.1) is 6.61 Å². The average molecular weight is 265 g/mol. The number of hydrogen-bond acceptors (Lipinski definition) is 3. The normalized spacial score (nSPS) is 14.1. The minimum absolute atomic E-state index is 0.0697. The molecule has 0 aliphatic carbocycles. The van der Waals surface area contributed by atoms with Gasteiger partial charge in [0.2, 0.25) is 0 Å². The molecular weight excluding hydrogens is 238 g/mol. The van der Waals surface area contributed by atoms with Crippen LogP contribution in [0, 0.1) is 0 Å². The predicted molar refractivity (Wildman–Crippen MR) is 79.7 cm³/mol. The average Bonchev–Trinajstić information content (AvgIpc) is 2.43. The van der Waals surface area contributed by atoms with Crippen molar-refractivity contribution in [2.75, 3.05) is 19.8 Å². The van der Waals surface area contributed by atoms with E-state index in [1.165, 1.54) is 5.56 Å². The van der Waals surface area contributed by atoms with Crippen molar-refractivity contribution in [3.05, 3.63) is 29.8 Å². The molecule has 0 aliphatic rings. The summed E-state index contributed by atoms with van der Waals surface area (Å²) < 4.78 is 11.4. The van der Waals surface area contributed by atoms with Gasteiger partial charge in [-0.3, -0.25) is 0 Å². The highest BCUT2D eigenvalue weighted by molar-refractivity contribution is 5.36. The summed E-state index contributed by atoms with van der Waals surface area (Å²) in [4.78, 5) is 0. The van der Waals surface area contributed by atoms with E-state index in [9.17, 15) is 0 Å². The Morgan fingerprint density at radius 3 is 2.53 bits per heavy atom. The summed E-state index contributed by atoms with van der Waals surface area (Å²) in [5, 5.41) is 3.49. The standard InChI is InChI=1S/C16H27NO2/c1-5-15(17-6-2)14-10-8-9-11-16(14)19-13(4)12-18-7-3/h8-11,13,15,17H,5-7,12H2,1-4H3. The third-order valence-electron chi connectivity index (χ3n) is 3.04. The maximum Gasteiger partial charge on any atom is 0.124 e. The van der Waals surface area contributed by atoms with E-state index in [0.29, 0.717) is 12.6 Å². The molecule has 0 saturated carbocycles. The molecule has 1 aromatic rings. The Balaban J connectivity index is 2.76. The van der Waals surface area contributed by atoms with Gasteiger partial charge in [-0.25, -0.2) is 0 Å². The Morgan fingerprint density at radius 1 is 1.16 bits per heavy atom. The van der Waals surface area contributed by atoms with Gasteiger partial charge in [-0.05, 0) is 32.9 Å². The van der Waals surface area contributed by atoms with Gasteiger partial charge in [-0.15, -0.1) is 0 Å². The van der Waals surface area contributed by atoms with Crippen LogP contribution in [0.4, 0.5) is 0 Å². The smallest absolute Gasteiger partial charge is 0.124 e. The molecule has 1 rings (SSSR count). The van der Waals surface area contributed by atoms with Crippen LogP contribution in [-0.4, -0.2) is 25.9 Å². The Morgan fingerprint density at radius 2 is 1.89 bits per heavy atom. The summed E-state index contributed by atoms with van der Waals surface area (Å²) in [5.74, 6) is 0.961. The molecule has 0 aliphatic heterocycles. The lowest BCUT2D eigenvalue weighted by molar-refractivity contribution is 0.0649. The molecule has 3 nitrogen and oxygen atoms in total. The monoisotopic (exact) mass is 265 g/mol. The minimum Gasteiger partial charge on any atom is -0.488 e. The van der Waals surface area contributed by atoms with Gasteiger partial charge in [0.15, 0.2) is 0 Å². The van der Waals surface area contributed by atoms with E-state index in [4.69, 9.17) is 9.47 Å². The Labute approximate surface area is 117 Å².